The van der Waals surface area contributed by atoms with Gasteiger partial charge in [0.15, 0.2) is 0 Å². The van der Waals surface area contributed by atoms with Gasteiger partial charge in [-0.15, -0.1) is 0 Å². The van der Waals surface area contributed by atoms with Crippen molar-refractivity contribution in [1.29, 1.82) is 0 Å². The molecule has 2 aromatic rings. The number of rotatable bonds is 5. The van der Waals surface area contributed by atoms with Gasteiger partial charge in [0.2, 0.25) is 0 Å². The summed E-state index contributed by atoms with van der Waals surface area (Å²) in [5.74, 6) is 4.96. The van der Waals surface area contributed by atoms with Crippen LogP contribution < -0.4 is 11.3 Å². The van der Waals surface area contributed by atoms with Crippen LogP contribution in [0.2, 0.25) is 5.02 Å². The molecule has 0 atom stereocenters. The molecule has 0 unspecified atom stereocenters. The summed E-state index contributed by atoms with van der Waals surface area (Å²) < 4.78 is 1.99. The van der Waals surface area contributed by atoms with E-state index < -0.39 is 0 Å². The first kappa shape index (κ1) is 14.6. The van der Waals surface area contributed by atoms with E-state index in [0.717, 1.165) is 24.1 Å². The fraction of sp³-hybridized carbons (Fsp3) is 0.267. The van der Waals surface area contributed by atoms with Gasteiger partial charge in [0.1, 0.15) is 5.69 Å². The second-order valence-electron chi connectivity index (χ2n) is 4.65. The molecule has 0 radical (unpaired) electrons. The van der Waals surface area contributed by atoms with Crippen molar-refractivity contribution in [3.63, 3.8) is 0 Å². The quantitative estimate of drug-likeness (QED) is 0.505. The van der Waals surface area contributed by atoms with E-state index in [2.05, 4.69) is 12.3 Å². The predicted molar refractivity (Wildman–Crippen MR) is 80.6 cm³/mol. The van der Waals surface area contributed by atoms with Crippen molar-refractivity contribution in [1.82, 2.24) is 9.99 Å². The fourth-order valence-corrected chi connectivity index (χ4v) is 2.34. The van der Waals surface area contributed by atoms with Gasteiger partial charge in [0, 0.05) is 17.3 Å². The van der Waals surface area contributed by atoms with Crippen LogP contribution in [0.15, 0.2) is 36.4 Å². The van der Waals surface area contributed by atoms with Gasteiger partial charge >= 0.3 is 0 Å². The van der Waals surface area contributed by atoms with E-state index in [0.29, 0.717) is 17.3 Å². The summed E-state index contributed by atoms with van der Waals surface area (Å²) in [6.07, 6.45) is 1.94. The maximum Gasteiger partial charge on any atom is 0.281 e. The van der Waals surface area contributed by atoms with Gasteiger partial charge in [-0.05, 0) is 36.2 Å². The Hall–Kier alpha value is -1.78. The largest absolute Gasteiger partial charge is 0.336 e. The number of aromatic nitrogens is 1. The summed E-state index contributed by atoms with van der Waals surface area (Å²) in [6, 6.07) is 11.4. The highest BCUT2D eigenvalue weighted by molar-refractivity contribution is 6.30. The van der Waals surface area contributed by atoms with E-state index >= 15 is 0 Å². The second-order valence-corrected chi connectivity index (χ2v) is 5.08. The van der Waals surface area contributed by atoms with Crippen molar-refractivity contribution in [2.45, 2.75) is 26.3 Å². The highest BCUT2D eigenvalue weighted by atomic mass is 35.5. The van der Waals surface area contributed by atoms with E-state index in [9.17, 15) is 4.79 Å². The number of carbonyl (C=O) groups is 1. The van der Waals surface area contributed by atoms with Crippen molar-refractivity contribution >= 4 is 17.5 Å². The highest BCUT2D eigenvalue weighted by Crippen LogP contribution is 2.16. The Kier molecular flexibility index (Phi) is 4.82. The molecule has 0 bridgehead atoms. The Morgan fingerprint density at radius 1 is 1.25 bits per heavy atom. The van der Waals surface area contributed by atoms with Gasteiger partial charge in [-0.1, -0.05) is 37.1 Å². The number of amides is 1. The first-order valence-corrected chi connectivity index (χ1v) is 6.97. The summed E-state index contributed by atoms with van der Waals surface area (Å²) in [6.45, 7) is 2.74. The van der Waals surface area contributed by atoms with Crippen LogP contribution in [0.4, 0.5) is 0 Å². The molecule has 0 spiro atoms. The minimum absolute atomic E-state index is 0.277. The van der Waals surface area contributed by atoms with Crippen molar-refractivity contribution in [2.75, 3.05) is 0 Å². The summed E-state index contributed by atoms with van der Waals surface area (Å²) in [7, 11) is 0. The molecule has 0 aliphatic heterocycles. The van der Waals surface area contributed by atoms with Crippen LogP contribution in [0, 0.1) is 0 Å². The zero-order valence-electron chi connectivity index (χ0n) is 11.4. The molecule has 0 aliphatic rings. The molecule has 1 aromatic heterocycles. The second kappa shape index (κ2) is 6.59. The minimum Gasteiger partial charge on any atom is -0.336 e. The molecular formula is C15H18ClN3O. The van der Waals surface area contributed by atoms with Crippen molar-refractivity contribution in [3.05, 3.63) is 58.4 Å². The fourth-order valence-electron chi connectivity index (χ4n) is 2.22. The van der Waals surface area contributed by atoms with E-state index in [-0.39, 0.29) is 5.91 Å². The summed E-state index contributed by atoms with van der Waals surface area (Å²) in [4.78, 5) is 11.8. The van der Waals surface area contributed by atoms with Crippen molar-refractivity contribution in [3.8, 4) is 0 Å². The highest BCUT2D eigenvalue weighted by Gasteiger charge is 2.14. The summed E-state index contributed by atoms with van der Waals surface area (Å²) >= 11 is 5.89. The number of hydrazine groups is 1. The van der Waals surface area contributed by atoms with Gasteiger partial charge in [-0.3, -0.25) is 10.2 Å². The van der Waals surface area contributed by atoms with Crippen molar-refractivity contribution < 1.29 is 4.79 Å². The van der Waals surface area contributed by atoms with Gasteiger partial charge in [0.05, 0.1) is 0 Å². The average molecular weight is 292 g/mol. The molecule has 106 valence electrons. The Balaban J connectivity index is 2.34. The van der Waals surface area contributed by atoms with Crippen LogP contribution in [0.25, 0.3) is 0 Å². The maximum absolute atomic E-state index is 11.8. The number of carbonyl (C=O) groups excluding carboxylic acids is 1. The van der Waals surface area contributed by atoms with Gasteiger partial charge in [-0.2, -0.15) is 0 Å². The smallest absolute Gasteiger partial charge is 0.281 e. The van der Waals surface area contributed by atoms with Crippen LogP contribution in [-0.4, -0.2) is 10.5 Å². The number of benzene rings is 1. The Morgan fingerprint density at radius 3 is 2.55 bits per heavy atom. The van der Waals surface area contributed by atoms with E-state index in [1.54, 1.807) is 0 Å². The minimum atomic E-state index is -0.277. The Bertz CT molecular complexity index is 590. The number of aryl methyl sites for hydroxylation is 1. The SMILES string of the molecule is CCCc1ccc(C(=O)NN)n1Cc1ccc(Cl)cc1. The third kappa shape index (κ3) is 3.21. The molecule has 5 heteroatoms. The molecule has 0 aliphatic carbocycles. The standard InChI is InChI=1S/C15H18ClN3O/c1-2-3-13-8-9-14(15(20)18-17)19(13)10-11-4-6-12(16)7-5-11/h4-9H,2-3,10,17H2,1H3,(H,18,20). The zero-order chi connectivity index (χ0) is 14.5. The lowest BCUT2D eigenvalue weighted by atomic mass is 10.2. The molecule has 0 fully saturated rings. The third-order valence-electron chi connectivity index (χ3n) is 3.19. The third-order valence-corrected chi connectivity index (χ3v) is 3.45. The molecule has 0 saturated heterocycles. The van der Waals surface area contributed by atoms with Crippen molar-refractivity contribution in [2.24, 2.45) is 5.84 Å². The van der Waals surface area contributed by atoms with Gasteiger partial charge < -0.3 is 4.57 Å². The molecule has 2 rings (SSSR count). The molecule has 1 aromatic carbocycles. The van der Waals surface area contributed by atoms with Crippen LogP contribution in [0.1, 0.15) is 35.1 Å². The number of nitrogen functional groups attached to an aromatic ring is 1. The average Bonchev–Trinajstić information content (AvgIpc) is 2.84. The first-order chi connectivity index (χ1) is 9.65. The predicted octanol–water partition coefficient (Wildman–Crippen LogP) is 2.75. The number of nitrogens with zero attached hydrogens (tertiary/aromatic N) is 1. The van der Waals surface area contributed by atoms with Crippen LogP contribution in [-0.2, 0) is 13.0 Å². The van der Waals surface area contributed by atoms with E-state index in [1.165, 1.54) is 0 Å². The Labute approximate surface area is 123 Å². The molecule has 0 saturated carbocycles. The lowest BCUT2D eigenvalue weighted by Crippen LogP contribution is -2.32. The van der Waals surface area contributed by atoms with E-state index in [4.69, 9.17) is 17.4 Å². The Morgan fingerprint density at radius 2 is 1.95 bits per heavy atom. The normalized spacial score (nSPS) is 10.6. The van der Waals surface area contributed by atoms with Crippen LogP contribution >= 0.6 is 11.6 Å². The molecule has 4 nitrogen and oxygen atoms in total. The molecule has 3 N–H and O–H groups in total. The number of nitrogens with one attached hydrogen (secondary N) is 1. The zero-order valence-corrected chi connectivity index (χ0v) is 12.2. The van der Waals surface area contributed by atoms with E-state index in [1.807, 2.05) is 41.0 Å². The number of hydrogen-bond acceptors (Lipinski definition) is 2. The maximum atomic E-state index is 11.8. The number of hydrogen-bond donors (Lipinski definition) is 2. The van der Waals surface area contributed by atoms with Crippen LogP contribution in [0.5, 0.6) is 0 Å². The lowest BCUT2D eigenvalue weighted by molar-refractivity contribution is 0.0944. The topological polar surface area (TPSA) is 60.1 Å². The molecule has 1 amide bonds. The monoisotopic (exact) mass is 291 g/mol. The van der Waals surface area contributed by atoms with Gasteiger partial charge in [0.25, 0.3) is 5.91 Å². The van der Waals surface area contributed by atoms with Gasteiger partial charge in [-0.25, -0.2) is 5.84 Å². The molecule has 1 heterocycles. The summed E-state index contributed by atoms with van der Waals surface area (Å²) in [5, 5.41) is 0.704. The number of halogens is 1. The summed E-state index contributed by atoms with van der Waals surface area (Å²) in [5.41, 5.74) is 4.98. The lowest BCUT2D eigenvalue weighted by Gasteiger charge is -2.13. The number of nitrogens with two attached hydrogens (primary N) is 1. The molecule has 20 heavy (non-hydrogen) atoms. The van der Waals surface area contributed by atoms with Crippen LogP contribution in [0.3, 0.4) is 0 Å². The first-order valence-electron chi connectivity index (χ1n) is 6.59. The molecular weight excluding hydrogens is 274 g/mol.